The first kappa shape index (κ1) is 15.4. The molecule has 1 spiro atoms. The van der Waals surface area contributed by atoms with Gasteiger partial charge >= 0.3 is 0 Å². The average Bonchev–Trinajstić information content (AvgIpc) is 3.26. The summed E-state index contributed by atoms with van der Waals surface area (Å²) in [6.45, 7) is 0.814. The van der Waals surface area contributed by atoms with Gasteiger partial charge in [-0.05, 0) is 44.2 Å². The van der Waals surface area contributed by atoms with Gasteiger partial charge in [-0.3, -0.25) is 9.20 Å². The van der Waals surface area contributed by atoms with Crippen molar-refractivity contribution in [3.63, 3.8) is 0 Å². The average molecular weight is 351 g/mol. The zero-order valence-electron chi connectivity index (χ0n) is 14.7. The first-order valence-corrected chi connectivity index (χ1v) is 9.06. The fraction of sp³-hybridized carbons (Fsp3) is 0.421. The number of imidazole rings is 1. The third-order valence-corrected chi connectivity index (χ3v) is 5.78. The predicted octanol–water partition coefficient (Wildman–Crippen LogP) is 2.63. The Morgan fingerprint density at radius 1 is 1.23 bits per heavy atom. The summed E-state index contributed by atoms with van der Waals surface area (Å²) in [5.74, 6) is 0.935. The highest BCUT2D eigenvalue weighted by Gasteiger charge is 2.51. The van der Waals surface area contributed by atoms with Crippen LogP contribution in [0.1, 0.15) is 42.6 Å². The first-order chi connectivity index (χ1) is 12.6. The van der Waals surface area contributed by atoms with Gasteiger partial charge in [0, 0.05) is 23.7 Å². The molecule has 7 nitrogen and oxygen atoms in total. The predicted molar refractivity (Wildman–Crippen MR) is 98.3 cm³/mol. The number of nitrogen functional groups attached to an aromatic ring is 1. The molecular formula is C19H21N5O2. The second kappa shape index (κ2) is 5.33. The van der Waals surface area contributed by atoms with Gasteiger partial charge in [0.2, 0.25) is 5.95 Å². The van der Waals surface area contributed by atoms with Crippen molar-refractivity contribution in [1.82, 2.24) is 19.3 Å². The Kier molecular flexibility index (Phi) is 3.16. The highest BCUT2D eigenvalue weighted by atomic mass is 16.5. The van der Waals surface area contributed by atoms with Crippen molar-refractivity contribution in [3.05, 3.63) is 30.1 Å². The molecule has 1 aliphatic heterocycles. The minimum absolute atomic E-state index is 0.00125. The number of amides is 1. The number of likely N-dealkylation sites (tertiary alicyclic amines) is 1. The molecule has 1 aromatic carbocycles. The standard InChI is InChI=1S/C19H21N5O2/c1-26-14-6-4-5-12-15(14)22-18(20)23-11-13(21-16(12)23)17(25)24-10-3-2-7-19(24)8-9-19/h4-6,11H,2-3,7-10H2,1H3,(H2,20,22). The summed E-state index contributed by atoms with van der Waals surface area (Å²) in [7, 11) is 1.60. The number of nitrogens with zero attached hydrogens (tertiary/aromatic N) is 4. The molecule has 26 heavy (non-hydrogen) atoms. The van der Waals surface area contributed by atoms with Crippen molar-refractivity contribution in [2.45, 2.75) is 37.6 Å². The van der Waals surface area contributed by atoms with Crippen LogP contribution in [0.2, 0.25) is 0 Å². The smallest absolute Gasteiger partial charge is 0.274 e. The zero-order chi connectivity index (χ0) is 17.9. The lowest BCUT2D eigenvalue weighted by atomic mass is 9.99. The maximum absolute atomic E-state index is 13.2. The third kappa shape index (κ3) is 2.09. The van der Waals surface area contributed by atoms with Crippen molar-refractivity contribution in [3.8, 4) is 5.75 Å². The van der Waals surface area contributed by atoms with E-state index in [9.17, 15) is 4.79 Å². The zero-order valence-corrected chi connectivity index (χ0v) is 14.7. The number of hydrogen-bond acceptors (Lipinski definition) is 5. The Morgan fingerprint density at radius 2 is 2.08 bits per heavy atom. The molecule has 3 aromatic rings. The number of piperidine rings is 1. The van der Waals surface area contributed by atoms with Crippen LogP contribution in [0.3, 0.4) is 0 Å². The Hall–Kier alpha value is -2.83. The number of methoxy groups -OCH3 is 1. The molecule has 0 unspecified atom stereocenters. The summed E-state index contributed by atoms with van der Waals surface area (Å²) in [5, 5.41) is 0.817. The van der Waals surface area contributed by atoms with Crippen molar-refractivity contribution < 1.29 is 9.53 Å². The number of ether oxygens (including phenoxy) is 1. The topological polar surface area (TPSA) is 85.8 Å². The first-order valence-electron chi connectivity index (χ1n) is 9.06. The van der Waals surface area contributed by atoms with Crippen molar-refractivity contribution >= 4 is 28.4 Å². The molecule has 2 aromatic heterocycles. The van der Waals surface area contributed by atoms with E-state index in [2.05, 4.69) is 9.97 Å². The molecule has 1 aliphatic carbocycles. The van der Waals surface area contributed by atoms with Crippen LogP contribution in [0.25, 0.3) is 16.6 Å². The molecule has 7 heteroatoms. The SMILES string of the molecule is COc1cccc2c1nc(N)n1cc(C(=O)N3CCCCC34CC4)nc21. The van der Waals surface area contributed by atoms with Crippen LogP contribution >= 0.6 is 0 Å². The van der Waals surface area contributed by atoms with Gasteiger partial charge in [-0.1, -0.05) is 6.07 Å². The van der Waals surface area contributed by atoms with Crippen molar-refractivity contribution in [2.75, 3.05) is 19.4 Å². The quantitative estimate of drug-likeness (QED) is 0.767. The number of anilines is 1. The van der Waals surface area contributed by atoms with Crippen LogP contribution < -0.4 is 10.5 Å². The molecule has 2 N–H and O–H groups in total. The number of para-hydroxylation sites is 1. The fourth-order valence-corrected chi connectivity index (χ4v) is 4.21. The minimum Gasteiger partial charge on any atom is -0.494 e. The summed E-state index contributed by atoms with van der Waals surface area (Å²) in [6, 6.07) is 5.65. The van der Waals surface area contributed by atoms with Gasteiger partial charge in [0.25, 0.3) is 5.91 Å². The Balaban J connectivity index is 1.65. The maximum Gasteiger partial charge on any atom is 0.274 e. The van der Waals surface area contributed by atoms with Gasteiger partial charge in [-0.2, -0.15) is 0 Å². The number of benzene rings is 1. The Morgan fingerprint density at radius 3 is 2.85 bits per heavy atom. The van der Waals surface area contributed by atoms with Crippen molar-refractivity contribution in [2.24, 2.45) is 0 Å². The van der Waals surface area contributed by atoms with E-state index >= 15 is 0 Å². The van der Waals surface area contributed by atoms with Crippen LogP contribution in [0.15, 0.2) is 24.4 Å². The highest BCUT2D eigenvalue weighted by Crippen LogP contribution is 2.48. The van der Waals surface area contributed by atoms with Crippen LogP contribution in [0, 0.1) is 0 Å². The van der Waals surface area contributed by atoms with Gasteiger partial charge in [0.05, 0.1) is 7.11 Å². The number of aromatic nitrogens is 3. The lowest BCUT2D eigenvalue weighted by Crippen LogP contribution is -2.45. The molecule has 3 heterocycles. The van der Waals surface area contributed by atoms with Gasteiger partial charge in [-0.25, -0.2) is 9.97 Å². The molecule has 1 amide bonds. The number of nitrogens with two attached hydrogens (primary N) is 1. The van der Waals surface area contributed by atoms with E-state index in [0.29, 0.717) is 28.6 Å². The lowest BCUT2D eigenvalue weighted by molar-refractivity contribution is 0.0568. The van der Waals surface area contributed by atoms with Crippen LogP contribution in [0.5, 0.6) is 5.75 Å². The molecule has 2 aliphatic rings. The highest BCUT2D eigenvalue weighted by molar-refractivity contribution is 5.99. The Bertz CT molecular complexity index is 1040. The van der Waals surface area contributed by atoms with Gasteiger partial charge in [-0.15, -0.1) is 0 Å². The van der Waals surface area contributed by atoms with Gasteiger partial charge in [0.15, 0.2) is 0 Å². The summed E-state index contributed by atoms with van der Waals surface area (Å²) < 4.78 is 7.08. The number of rotatable bonds is 2. The third-order valence-electron chi connectivity index (χ3n) is 5.78. The largest absolute Gasteiger partial charge is 0.494 e. The summed E-state index contributed by atoms with van der Waals surface area (Å²) in [6.07, 6.45) is 7.30. The van der Waals surface area contributed by atoms with Crippen molar-refractivity contribution in [1.29, 1.82) is 0 Å². The van der Waals surface area contributed by atoms with Crippen LogP contribution in [-0.4, -0.2) is 44.4 Å². The minimum atomic E-state index is 0.00125. The van der Waals surface area contributed by atoms with E-state index in [1.165, 1.54) is 6.42 Å². The number of fused-ring (bicyclic) bond motifs is 3. The second-order valence-corrected chi connectivity index (χ2v) is 7.28. The number of carbonyl (C=O) groups is 1. The van der Waals surface area contributed by atoms with Crippen LogP contribution in [0.4, 0.5) is 5.95 Å². The van der Waals surface area contributed by atoms with E-state index in [-0.39, 0.29) is 11.4 Å². The fourth-order valence-electron chi connectivity index (χ4n) is 4.21. The van der Waals surface area contributed by atoms with E-state index in [1.807, 2.05) is 23.1 Å². The Labute approximate surface area is 150 Å². The molecule has 0 radical (unpaired) electrons. The lowest BCUT2D eigenvalue weighted by Gasteiger charge is -2.35. The van der Waals surface area contributed by atoms with E-state index < -0.39 is 0 Å². The molecule has 5 rings (SSSR count). The molecule has 1 saturated heterocycles. The molecule has 0 bridgehead atoms. The maximum atomic E-state index is 13.2. The van der Waals surface area contributed by atoms with Crippen LogP contribution in [-0.2, 0) is 0 Å². The molecule has 0 atom stereocenters. The summed E-state index contributed by atoms with van der Waals surface area (Å²) >= 11 is 0. The normalized spacial score (nSPS) is 18.6. The van der Waals surface area contributed by atoms with E-state index in [1.54, 1.807) is 17.7 Å². The van der Waals surface area contributed by atoms with E-state index in [4.69, 9.17) is 10.5 Å². The molecular weight excluding hydrogens is 330 g/mol. The number of hydrogen-bond donors (Lipinski definition) is 1. The molecule has 1 saturated carbocycles. The summed E-state index contributed by atoms with van der Waals surface area (Å²) in [5.41, 5.74) is 7.94. The second-order valence-electron chi connectivity index (χ2n) is 7.28. The monoisotopic (exact) mass is 351 g/mol. The number of carbonyl (C=O) groups excluding carboxylic acids is 1. The summed E-state index contributed by atoms with van der Waals surface area (Å²) in [4.78, 5) is 24.3. The molecule has 134 valence electrons. The van der Waals surface area contributed by atoms with Gasteiger partial charge < -0.3 is 15.4 Å². The molecule has 2 fully saturated rings. The van der Waals surface area contributed by atoms with E-state index in [0.717, 1.165) is 37.6 Å². The van der Waals surface area contributed by atoms with Gasteiger partial charge in [0.1, 0.15) is 22.6 Å².